The Labute approximate surface area is 164 Å². The van der Waals surface area contributed by atoms with Gasteiger partial charge in [-0.15, -0.1) is 12.4 Å². The number of ether oxygens (including phenoxy) is 1. The van der Waals surface area contributed by atoms with Crippen molar-refractivity contribution in [3.63, 3.8) is 0 Å². The number of likely N-dealkylation sites (tertiary alicyclic amines) is 1. The number of carbonyl (C=O) groups is 1. The first-order valence-corrected chi connectivity index (χ1v) is 9.78. The second-order valence-electron chi connectivity index (χ2n) is 7.65. The maximum absolute atomic E-state index is 13.5. The van der Waals surface area contributed by atoms with Crippen LogP contribution in [-0.4, -0.2) is 44.6 Å². The highest BCUT2D eigenvalue weighted by Gasteiger charge is 2.45. The lowest BCUT2D eigenvalue weighted by atomic mass is 9.77. The molecule has 2 aliphatic rings. The van der Waals surface area contributed by atoms with E-state index < -0.39 is 0 Å². The Morgan fingerprint density at radius 3 is 2.35 bits per heavy atom. The van der Waals surface area contributed by atoms with Crippen molar-refractivity contribution in [1.82, 2.24) is 10.2 Å². The molecule has 1 aliphatic carbocycles. The molecule has 0 bridgehead atoms. The normalized spacial score (nSPS) is 19.8. The average molecular weight is 381 g/mol. The molecule has 1 aromatic rings. The maximum atomic E-state index is 13.5. The molecule has 4 nitrogen and oxygen atoms in total. The van der Waals surface area contributed by atoms with E-state index in [1.807, 2.05) is 19.2 Å². The third-order valence-corrected chi connectivity index (χ3v) is 6.21. The van der Waals surface area contributed by atoms with Gasteiger partial charge in [0.1, 0.15) is 5.75 Å². The molecule has 0 aromatic heterocycles. The first kappa shape index (κ1) is 21.0. The Balaban J connectivity index is 0.00000243. The lowest BCUT2D eigenvalue weighted by molar-refractivity contribution is -0.138. The minimum atomic E-state index is -0.302. The topological polar surface area (TPSA) is 41.6 Å². The van der Waals surface area contributed by atoms with E-state index in [4.69, 9.17) is 4.74 Å². The molecule has 1 saturated heterocycles. The van der Waals surface area contributed by atoms with Crippen LogP contribution in [0.4, 0.5) is 0 Å². The van der Waals surface area contributed by atoms with Crippen LogP contribution >= 0.6 is 12.4 Å². The molecule has 5 heteroatoms. The monoisotopic (exact) mass is 380 g/mol. The van der Waals surface area contributed by atoms with Crippen molar-refractivity contribution in [2.24, 2.45) is 5.92 Å². The van der Waals surface area contributed by atoms with Gasteiger partial charge in [0.2, 0.25) is 5.91 Å². The van der Waals surface area contributed by atoms with E-state index in [1.54, 1.807) is 7.11 Å². The zero-order valence-electron chi connectivity index (χ0n) is 16.1. The Hall–Kier alpha value is -1.26. The van der Waals surface area contributed by atoms with Crippen molar-refractivity contribution in [1.29, 1.82) is 0 Å². The Bertz CT molecular complexity index is 562. The lowest BCUT2D eigenvalue weighted by Crippen LogP contribution is -2.48. The van der Waals surface area contributed by atoms with Crippen LogP contribution < -0.4 is 10.1 Å². The predicted molar refractivity (Wildman–Crippen MR) is 108 cm³/mol. The van der Waals surface area contributed by atoms with Gasteiger partial charge in [0.05, 0.1) is 12.5 Å². The van der Waals surface area contributed by atoms with E-state index in [-0.39, 0.29) is 17.8 Å². The van der Waals surface area contributed by atoms with E-state index in [2.05, 4.69) is 22.3 Å². The summed E-state index contributed by atoms with van der Waals surface area (Å²) in [5, 5.41) is 3.24. The highest BCUT2D eigenvalue weighted by molar-refractivity contribution is 5.88. The number of halogens is 1. The van der Waals surface area contributed by atoms with Gasteiger partial charge in [-0.25, -0.2) is 0 Å². The van der Waals surface area contributed by atoms with E-state index in [1.165, 1.54) is 12.0 Å². The molecule has 146 valence electrons. The first-order valence-electron chi connectivity index (χ1n) is 9.78. The van der Waals surface area contributed by atoms with E-state index in [9.17, 15) is 4.79 Å². The van der Waals surface area contributed by atoms with Crippen molar-refractivity contribution in [3.05, 3.63) is 29.8 Å². The summed E-state index contributed by atoms with van der Waals surface area (Å²) in [7, 11) is 3.70. The Kier molecular flexibility index (Phi) is 7.78. The fraction of sp³-hybridized carbons (Fsp3) is 0.667. The zero-order chi connectivity index (χ0) is 17.7. The number of nitrogens with zero attached hydrogens (tertiary/aromatic N) is 1. The molecule has 3 rings (SSSR count). The molecule has 26 heavy (non-hydrogen) atoms. The van der Waals surface area contributed by atoms with Crippen LogP contribution in [0.15, 0.2) is 24.3 Å². The van der Waals surface area contributed by atoms with E-state index in [0.717, 1.165) is 69.8 Å². The van der Waals surface area contributed by atoms with Gasteiger partial charge >= 0.3 is 0 Å². The number of amides is 1. The fourth-order valence-electron chi connectivity index (χ4n) is 4.59. The van der Waals surface area contributed by atoms with Crippen LogP contribution in [0.5, 0.6) is 5.75 Å². The molecule has 0 atom stereocenters. The van der Waals surface area contributed by atoms with Crippen molar-refractivity contribution >= 4 is 18.3 Å². The number of hydrogen-bond donors (Lipinski definition) is 1. The molecular weight excluding hydrogens is 348 g/mol. The summed E-state index contributed by atoms with van der Waals surface area (Å²) < 4.78 is 5.29. The number of nitrogens with one attached hydrogen (secondary N) is 1. The largest absolute Gasteiger partial charge is 0.497 e. The molecule has 0 spiro atoms. The van der Waals surface area contributed by atoms with Crippen molar-refractivity contribution < 1.29 is 9.53 Å². The van der Waals surface area contributed by atoms with Gasteiger partial charge in [0.25, 0.3) is 0 Å². The fourth-order valence-corrected chi connectivity index (χ4v) is 4.59. The minimum Gasteiger partial charge on any atom is -0.497 e. The number of hydrogen-bond acceptors (Lipinski definition) is 3. The smallest absolute Gasteiger partial charge is 0.233 e. The first-order chi connectivity index (χ1) is 12.2. The summed E-state index contributed by atoms with van der Waals surface area (Å²) in [4.78, 5) is 15.6. The van der Waals surface area contributed by atoms with Crippen LogP contribution in [0.1, 0.15) is 50.5 Å². The van der Waals surface area contributed by atoms with Gasteiger partial charge < -0.3 is 15.0 Å². The second kappa shape index (κ2) is 9.61. The number of piperidine rings is 1. The second-order valence-corrected chi connectivity index (χ2v) is 7.65. The quantitative estimate of drug-likeness (QED) is 0.816. The molecule has 0 unspecified atom stereocenters. The summed E-state index contributed by atoms with van der Waals surface area (Å²) in [5.41, 5.74) is 0.873. The molecule has 1 N–H and O–H groups in total. The van der Waals surface area contributed by atoms with Crippen LogP contribution in [-0.2, 0) is 10.2 Å². The van der Waals surface area contributed by atoms with Crippen molar-refractivity contribution in [3.8, 4) is 5.75 Å². The summed E-state index contributed by atoms with van der Waals surface area (Å²) in [6.45, 7) is 2.92. The zero-order valence-corrected chi connectivity index (χ0v) is 16.9. The molecule has 1 saturated carbocycles. The van der Waals surface area contributed by atoms with Gasteiger partial charge in [-0.1, -0.05) is 25.0 Å². The van der Waals surface area contributed by atoms with Gasteiger partial charge in [0.15, 0.2) is 0 Å². The van der Waals surface area contributed by atoms with Crippen LogP contribution in [0.25, 0.3) is 0 Å². The molecule has 0 radical (unpaired) electrons. The highest BCUT2D eigenvalue weighted by atomic mass is 35.5. The predicted octanol–water partition coefficient (Wildman–Crippen LogP) is 3.78. The van der Waals surface area contributed by atoms with Crippen molar-refractivity contribution in [2.45, 2.75) is 50.4 Å². The van der Waals surface area contributed by atoms with E-state index >= 15 is 0 Å². The molecular formula is C21H33ClN2O2. The number of carbonyl (C=O) groups excluding carboxylic acids is 1. The third kappa shape index (κ3) is 4.34. The summed E-state index contributed by atoms with van der Waals surface area (Å²) in [5.74, 6) is 1.98. The average Bonchev–Trinajstić information content (AvgIpc) is 3.17. The Morgan fingerprint density at radius 1 is 1.19 bits per heavy atom. The summed E-state index contributed by atoms with van der Waals surface area (Å²) >= 11 is 0. The molecule has 1 aliphatic heterocycles. The number of methoxy groups -OCH3 is 1. The number of rotatable bonds is 6. The third-order valence-electron chi connectivity index (χ3n) is 6.21. The van der Waals surface area contributed by atoms with Gasteiger partial charge in [-0.05, 0) is 69.3 Å². The number of benzene rings is 1. The van der Waals surface area contributed by atoms with Gasteiger partial charge in [-0.2, -0.15) is 0 Å². The van der Waals surface area contributed by atoms with Crippen LogP contribution in [0, 0.1) is 5.92 Å². The highest BCUT2D eigenvalue weighted by Crippen LogP contribution is 2.43. The molecule has 1 amide bonds. The summed E-state index contributed by atoms with van der Waals surface area (Å²) in [6, 6.07) is 8.18. The SMILES string of the molecule is CNCCC1CCN(C(=O)C2(c3ccc(OC)cc3)CCCC2)CC1.Cl. The Morgan fingerprint density at radius 2 is 1.81 bits per heavy atom. The lowest BCUT2D eigenvalue weighted by Gasteiger charge is -2.39. The van der Waals surface area contributed by atoms with Gasteiger partial charge in [0, 0.05) is 13.1 Å². The summed E-state index contributed by atoms with van der Waals surface area (Å²) in [6.07, 6.45) is 7.78. The van der Waals surface area contributed by atoms with E-state index in [0.29, 0.717) is 5.91 Å². The molecule has 2 fully saturated rings. The molecule has 1 heterocycles. The standard InChI is InChI=1S/C21H32N2O2.ClH/c1-22-14-9-17-10-15-23(16-11-17)20(24)21(12-3-4-13-21)18-5-7-19(25-2)8-6-18;/h5-8,17,22H,3-4,9-16H2,1-2H3;1H. The van der Waals surface area contributed by atoms with Gasteiger partial charge in [-0.3, -0.25) is 4.79 Å². The van der Waals surface area contributed by atoms with Crippen molar-refractivity contribution in [2.75, 3.05) is 33.8 Å². The molecule has 1 aromatic carbocycles. The maximum Gasteiger partial charge on any atom is 0.233 e. The van der Waals surface area contributed by atoms with Crippen LogP contribution in [0.2, 0.25) is 0 Å². The minimum absolute atomic E-state index is 0. The van der Waals surface area contributed by atoms with Crippen LogP contribution in [0.3, 0.4) is 0 Å².